The molecule has 1 unspecified atom stereocenters. The van der Waals surface area contributed by atoms with Crippen molar-refractivity contribution in [2.24, 2.45) is 0 Å². The number of sulfone groups is 1. The molecule has 1 atom stereocenters. The van der Waals surface area contributed by atoms with Crippen LogP contribution >= 0.6 is 0 Å². The Morgan fingerprint density at radius 3 is 2.28 bits per heavy atom. The second-order valence-corrected chi connectivity index (χ2v) is 10.7. The molecule has 0 radical (unpaired) electrons. The Bertz CT molecular complexity index is 1030. The fraction of sp³-hybridized carbons (Fsp3) is 0.480. The molecule has 1 saturated heterocycles. The molecule has 1 heterocycles. The molecule has 2 aromatic carbocycles. The van der Waals surface area contributed by atoms with Gasteiger partial charge in [0.15, 0.2) is 16.4 Å². The van der Waals surface area contributed by atoms with Gasteiger partial charge in [0.2, 0.25) is 0 Å². The van der Waals surface area contributed by atoms with E-state index >= 15 is 0 Å². The zero-order valence-corrected chi connectivity index (χ0v) is 20.3. The molecule has 0 spiro atoms. The Morgan fingerprint density at radius 2 is 1.72 bits per heavy atom. The Morgan fingerprint density at radius 1 is 1.03 bits per heavy atom. The smallest absolute Gasteiger partial charge is 0.261 e. The van der Waals surface area contributed by atoms with E-state index in [1.165, 1.54) is 0 Å². The predicted octanol–water partition coefficient (Wildman–Crippen LogP) is 3.74. The van der Waals surface area contributed by atoms with Gasteiger partial charge in [-0.15, -0.1) is 0 Å². The normalized spacial score (nSPS) is 17.2. The number of anilines is 1. The average molecular weight is 459 g/mol. The van der Waals surface area contributed by atoms with Crippen LogP contribution in [0.15, 0.2) is 42.5 Å². The maximum Gasteiger partial charge on any atom is 0.261 e. The van der Waals surface area contributed by atoms with Gasteiger partial charge in [-0.05, 0) is 75.1 Å². The molecule has 7 heteroatoms. The number of ether oxygens (including phenoxy) is 1. The number of rotatable bonds is 9. The molecule has 32 heavy (non-hydrogen) atoms. The van der Waals surface area contributed by atoms with E-state index in [2.05, 4.69) is 30.9 Å². The topological polar surface area (TPSA) is 66.9 Å². The first-order valence-electron chi connectivity index (χ1n) is 11.3. The van der Waals surface area contributed by atoms with E-state index in [-0.39, 0.29) is 30.1 Å². The summed E-state index contributed by atoms with van der Waals surface area (Å²) in [5, 5.41) is 0. The molecule has 0 bridgehead atoms. The van der Waals surface area contributed by atoms with E-state index < -0.39 is 9.84 Å². The lowest BCUT2D eigenvalue weighted by atomic mass is 10.1. The van der Waals surface area contributed by atoms with Crippen molar-refractivity contribution in [1.29, 1.82) is 0 Å². The second-order valence-electron chi connectivity index (χ2n) is 8.45. The van der Waals surface area contributed by atoms with E-state index in [4.69, 9.17) is 4.74 Å². The highest BCUT2D eigenvalue weighted by molar-refractivity contribution is 7.91. The molecule has 1 fully saturated rings. The summed E-state index contributed by atoms with van der Waals surface area (Å²) < 4.78 is 29.9. The minimum Gasteiger partial charge on any atom is -0.484 e. The van der Waals surface area contributed by atoms with Crippen molar-refractivity contribution in [2.45, 2.75) is 46.7 Å². The molecule has 3 rings (SSSR count). The number of carbonyl (C=O) groups excluding carboxylic acids is 1. The third kappa shape index (κ3) is 6.03. The summed E-state index contributed by atoms with van der Waals surface area (Å²) in [5.41, 5.74) is 4.37. The Hall–Kier alpha value is -2.54. The quantitative estimate of drug-likeness (QED) is 0.573. The summed E-state index contributed by atoms with van der Waals surface area (Å²) in [7, 11) is -3.11. The zero-order chi connectivity index (χ0) is 23.3. The SMILES string of the molecule is CCN(CC)c1ccc(CN(C(=O)COc2ccc(C)c(C)c2)C2CCS(=O)(=O)C2)cc1. The molecule has 174 valence electrons. The molecule has 0 aliphatic carbocycles. The van der Waals surface area contributed by atoms with Gasteiger partial charge >= 0.3 is 0 Å². The number of benzene rings is 2. The number of nitrogens with zero attached hydrogens (tertiary/aromatic N) is 2. The molecule has 1 amide bonds. The van der Waals surface area contributed by atoms with Crippen LogP contribution in [0.2, 0.25) is 0 Å². The summed E-state index contributed by atoms with van der Waals surface area (Å²) in [6.07, 6.45) is 0.468. The van der Waals surface area contributed by atoms with Crippen LogP contribution in [0, 0.1) is 13.8 Å². The van der Waals surface area contributed by atoms with E-state index in [0.717, 1.165) is 35.5 Å². The molecule has 1 aliphatic heterocycles. The lowest BCUT2D eigenvalue weighted by Crippen LogP contribution is -2.43. The highest BCUT2D eigenvalue weighted by Gasteiger charge is 2.34. The number of carbonyl (C=O) groups is 1. The number of amides is 1. The monoisotopic (exact) mass is 458 g/mol. The van der Waals surface area contributed by atoms with Crippen LogP contribution in [0.4, 0.5) is 5.69 Å². The summed E-state index contributed by atoms with van der Waals surface area (Å²) in [6, 6.07) is 13.6. The summed E-state index contributed by atoms with van der Waals surface area (Å²) in [4.78, 5) is 17.1. The van der Waals surface area contributed by atoms with Crippen LogP contribution in [0.5, 0.6) is 5.75 Å². The van der Waals surface area contributed by atoms with Crippen LogP contribution in [0.25, 0.3) is 0 Å². The summed E-state index contributed by atoms with van der Waals surface area (Å²) in [5.74, 6) is 0.586. The second kappa shape index (κ2) is 10.4. The highest BCUT2D eigenvalue weighted by atomic mass is 32.2. The fourth-order valence-electron chi connectivity index (χ4n) is 4.07. The molecule has 1 aliphatic rings. The minimum atomic E-state index is -3.11. The molecule has 0 aromatic heterocycles. The Labute approximate surface area is 192 Å². The third-order valence-corrected chi connectivity index (χ3v) is 7.98. The predicted molar refractivity (Wildman–Crippen MR) is 129 cm³/mol. The molecule has 0 saturated carbocycles. The van der Waals surface area contributed by atoms with Gasteiger partial charge in [-0.25, -0.2) is 8.42 Å². The molecular weight excluding hydrogens is 424 g/mol. The number of hydrogen-bond donors (Lipinski definition) is 0. The summed E-state index contributed by atoms with van der Waals surface area (Å²) >= 11 is 0. The molecule has 0 N–H and O–H groups in total. The largest absolute Gasteiger partial charge is 0.484 e. The van der Waals surface area contributed by atoms with Crippen molar-refractivity contribution in [1.82, 2.24) is 4.90 Å². The fourth-order valence-corrected chi connectivity index (χ4v) is 5.80. The molecule has 2 aromatic rings. The van der Waals surface area contributed by atoms with Crippen LogP contribution in [0.3, 0.4) is 0 Å². The Balaban J connectivity index is 1.74. The van der Waals surface area contributed by atoms with Crippen molar-refractivity contribution in [3.05, 3.63) is 59.2 Å². The van der Waals surface area contributed by atoms with E-state index in [9.17, 15) is 13.2 Å². The van der Waals surface area contributed by atoms with Crippen molar-refractivity contribution < 1.29 is 17.9 Å². The first kappa shape index (κ1) is 24.1. The third-order valence-electron chi connectivity index (χ3n) is 6.23. The van der Waals surface area contributed by atoms with Crippen molar-refractivity contribution in [2.75, 3.05) is 36.1 Å². The average Bonchev–Trinajstić information content (AvgIpc) is 3.13. The van der Waals surface area contributed by atoms with Gasteiger partial charge in [-0.3, -0.25) is 4.79 Å². The lowest BCUT2D eigenvalue weighted by Gasteiger charge is -2.29. The van der Waals surface area contributed by atoms with Crippen molar-refractivity contribution in [3.63, 3.8) is 0 Å². The van der Waals surface area contributed by atoms with Crippen LogP contribution < -0.4 is 9.64 Å². The maximum atomic E-state index is 13.1. The highest BCUT2D eigenvalue weighted by Crippen LogP contribution is 2.23. The number of hydrogen-bond acceptors (Lipinski definition) is 5. The zero-order valence-electron chi connectivity index (χ0n) is 19.5. The Kier molecular flexibility index (Phi) is 7.82. The maximum absolute atomic E-state index is 13.1. The van der Waals surface area contributed by atoms with Crippen molar-refractivity contribution in [3.8, 4) is 5.75 Å². The molecule has 6 nitrogen and oxygen atoms in total. The van der Waals surface area contributed by atoms with Gasteiger partial charge in [0.25, 0.3) is 5.91 Å². The summed E-state index contributed by atoms with van der Waals surface area (Å²) in [6.45, 7) is 10.4. The van der Waals surface area contributed by atoms with Gasteiger partial charge in [0, 0.05) is 31.4 Å². The first-order valence-corrected chi connectivity index (χ1v) is 13.1. The van der Waals surface area contributed by atoms with Crippen LogP contribution in [0.1, 0.15) is 37.0 Å². The minimum absolute atomic E-state index is 0.0138. The van der Waals surface area contributed by atoms with Gasteiger partial charge in [0.1, 0.15) is 5.75 Å². The molecular formula is C25H34N2O4S. The van der Waals surface area contributed by atoms with Crippen LogP contribution in [-0.2, 0) is 21.2 Å². The van der Waals surface area contributed by atoms with Gasteiger partial charge in [-0.2, -0.15) is 0 Å². The lowest BCUT2D eigenvalue weighted by molar-refractivity contribution is -0.136. The van der Waals surface area contributed by atoms with Gasteiger partial charge < -0.3 is 14.5 Å². The van der Waals surface area contributed by atoms with E-state index in [0.29, 0.717) is 18.7 Å². The number of aryl methyl sites for hydroxylation is 2. The first-order chi connectivity index (χ1) is 15.2. The van der Waals surface area contributed by atoms with Crippen molar-refractivity contribution >= 4 is 21.4 Å². The van der Waals surface area contributed by atoms with Gasteiger partial charge in [0.05, 0.1) is 11.5 Å². The van der Waals surface area contributed by atoms with E-state index in [1.54, 1.807) is 4.90 Å². The van der Waals surface area contributed by atoms with E-state index in [1.807, 2.05) is 44.2 Å². The standard InChI is InChI=1S/C25H34N2O4S/c1-5-26(6-2)22-10-8-21(9-11-22)16-27(23-13-14-32(29,30)18-23)25(28)17-31-24-12-7-19(3)20(4)15-24/h7-12,15,23H,5-6,13-14,16-18H2,1-4H3. The van der Waals surface area contributed by atoms with Gasteiger partial charge in [-0.1, -0.05) is 18.2 Å². The van der Waals surface area contributed by atoms with Crippen LogP contribution in [-0.4, -0.2) is 56.5 Å².